The molecule has 9 nitrogen and oxygen atoms in total. The number of anilines is 1. The number of carbonyl (C=O) groups is 1. The van der Waals surface area contributed by atoms with E-state index in [9.17, 15) is 23.7 Å². The predicted molar refractivity (Wildman–Crippen MR) is 94.7 cm³/mol. The second kappa shape index (κ2) is 9.33. The highest BCUT2D eigenvalue weighted by atomic mass is 32.2. The molecule has 1 rings (SSSR count). The van der Waals surface area contributed by atoms with E-state index < -0.39 is 27.9 Å². The van der Waals surface area contributed by atoms with Crippen LogP contribution in [0.4, 0.5) is 16.2 Å². The van der Waals surface area contributed by atoms with Gasteiger partial charge in [-0.05, 0) is 45.7 Å². The maximum absolute atomic E-state index is 11.5. The largest absolute Gasteiger partial charge is 0.444 e. The van der Waals surface area contributed by atoms with E-state index in [-0.39, 0.29) is 12.2 Å². The fourth-order valence-corrected chi connectivity index (χ4v) is 2.51. The molecule has 0 fully saturated rings. The standard InChI is InChI=1S/C15H23N3O6S/c1-15(2,3)24-14(19)16-10-4-5-11-17(25(22)23)12-6-8-13(9-7-12)18(20)21/h6-9H,4-5,10-11H2,1-3H3,(H,16,19)(H,22,23). The van der Waals surface area contributed by atoms with Gasteiger partial charge in [-0.1, -0.05) is 0 Å². The zero-order valence-corrected chi connectivity index (χ0v) is 15.2. The molecule has 0 aromatic heterocycles. The third-order valence-corrected chi connectivity index (χ3v) is 3.76. The maximum Gasteiger partial charge on any atom is 0.407 e. The molecule has 25 heavy (non-hydrogen) atoms. The number of benzene rings is 1. The Bertz CT molecular complexity index is 615. The van der Waals surface area contributed by atoms with Crippen LogP contribution in [0.5, 0.6) is 0 Å². The summed E-state index contributed by atoms with van der Waals surface area (Å²) in [5, 5.41) is 13.2. The summed E-state index contributed by atoms with van der Waals surface area (Å²) in [6.07, 6.45) is 0.615. The molecule has 10 heteroatoms. The van der Waals surface area contributed by atoms with Crippen molar-refractivity contribution in [2.75, 3.05) is 17.4 Å². The SMILES string of the molecule is CC(C)(C)OC(=O)NCCCCN(c1ccc([N+](=O)[O-])cc1)S(=O)O. The molecule has 0 radical (unpaired) electrons. The molecule has 1 amide bonds. The molecule has 1 aromatic rings. The molecular weight excluding hydrogens is 350 g/mol. The van der Waals surface area contributed by atoms with Crippen molar-refractivity contribution < 1.29 is 23.2 Å². The quantitative estimate of drug-likeness (QED) is 0.313. The van der Waals surface area contributed by atoms with Crippen LogP contribution in [-0.4, -0.2) is 38.5 Å². The van der Waals surface area contributed by atoms with E-state index in [0.717, 1.165) is 0 Å². The number of hydrogen-bond acceptors (Lipinski definition) is 5. The topological polar surface area (TPSA) is 122 Å². The number of ether oxygens (including phenoxy) is 1. The Kier molecular flexibility index (Phi) is 7.78. The number of non-ortho nitro benzene ring substituents is 1. The molecular formula is C15H23N3O6S. The van der Waals surface area contributed by atoms with Gasteiger partial charge in [-0.2, -0.15) is 0 Å². The fourth-order valence-electron chi connectivity index (χ4n) is 1.92. The van der Waals surface area contributed by atoms with Crippen molar-refractivity contribution in [1.82, 2.24) is 5.32 Å². The van der Waals surface area contributed by atoms with Crippen molar-refractivity contribution in [3.05, 3.63) is 34.4 Å². The first kappa shape index (κ1) is 20.8. The number of unbranched alkanes of at least 4 members (excludes halogenated alkanes) is 1. The Morgan fingerprint density at radius 1 is 1.32 bits per heavy atom. The Morgan fingerprint density at radius 3 is 2.40 bits per heavy atom. The Morgan fingerprint density at radius 2 is 1.92 bits per heavy atom. The van der Waals surface area contributed by atoms with Gasteiger partial charge in [0.1, 0.15) is 5.60 Å². The highest BCUT2D eigenvalue weighted by molar-refractivity contribution is 7.80. The van der Waals surface area contributed by atoms with Gasteiger partial charge in [0.2, 0.25) is 0 Å². The fraction of sp³-hybridized carbons (Fsp3) is 0.533. The number of alkyl carbamates (subject to hydrolysis) is 1. The van der Waals surface area contributed by atoms with Crippen molar-refractivity contribution in [1.29, 1.82) is 0 Å². The molecule has 0 bridgehead atoms. The van der Waals surface area contributed by atoms with E-state index >= 15 is 0 Å². The number of nitro groups is 1. The van der Waals surface area contributed by atoms with Crippen molar-refractivity contribution in [2.45, 2.75) is 39.2 Å². The lowest BCUT2D eigenvalue weighted by Gasteiger charge is -2.21. The summed E-state index contributed by atoms with van der Waals surface area (Å²) in [6.45, 7) is 5.94. The molecule has 0 aliphatic carbocycles. The summed E-state index contributed by atoms with van der Waals surface area (Å²) >= 11 is -2.25. The van der Waals surface area contributed by atoms with Gasteiger partial charge in [0.15, 0.2) is 0 Å². The third-order valence-electron chi connectivity index (χ3n) is 2.99. The van der Waals surface area contributed by atoms with Crippen LogP contribution in [0.3, 0.4) is 0 Å². The van der Waals surface area contributed by atoms with Crippen LogP contribution in [0.2, 0.25) is 0 Å². The minimum absolute atomic E-state index is 0.0889. The van der Waals surface area contributed by atoms with Gasteiger partial charge in [0, 0.05) is 25.2 Å². The zero-order valence-electron chi connectivity index (χ0n) is 14.4. The van der Waals surface area contributed by atoms with Crippen molar-refractivity contribution in [2.24, 2.45) is 0 Å². The van der Waals surface area contributed by atoms with Gasteiger partial charge in [-0.15, -0.1) is 0 Å². The van der Waals surface area contributed by atoms with E-state index in [0.29, 0.717) is 25.1 Å². The van der Waals surface area contributed by atoms with Gasteiger partial charge in [0.25, 0.3) is 17.0 Å². The second-order valence-electron chi connectivity index (χ2n) is 6.24. The van der Waals surface area contributed by atoms with E-state index in [4.69, 9.17) is 4.74 Å². The number of carbonyl (C=O) groups excluding carboxylic acids is 1. The second-order valence-corrected chi connectivity index (χ2v) is 7.14. The lowest BCUT2D eigenvalue weighted by molar-refractivity contribution is -0.384. The van der Waals surface area contributed by atoms with Gasteiger partial charge in [-0.3, -0.25) is 19.0 Å². The lowest BCUT2D eigenvalue weighted by Crippen LogP contribution is -2.33. The summed E-state index contributed by atoms with van der Waals surface area (Å²) in [4.78, 5) is 21.6. The van der Waals surface area contributed by atoms with Crippen LogP contribution < -0.4 is 9.62 Å². The monoisotopic (exact) mass is 373 g/mol. The number of nitro benzene ring substituents is 1. The maximum atomic E-state index is 11.5. The number of nitrogens with one attached hydrogen (secondary N) is 1. The molecule has 0 saturated carbocycles. The highest BCUT2D eigenvalue weighted by Crippen LogP contribution is 2.20. The van der Waals surface area contributed by atoms with E-state index in [1.807, 2.05) is 0 Å². The smallest absolute Gasteiger partial charge is 0.407 e. The summed E-state index contributed by atoms with van der Waals surface area (Å²) in [7, 11) is 0. The average molecular weight is 373 g/mol. The molecule has 1 aromatic carbocycles. The normalized spacial score (nSPS) is 12.3. The molecule has 1 atom stereocenters. The molecule has 0 aliphatic rings. The summed E-state index contributed by atoms with van der Waals surface area (Å²) in [5.74, 6) is 0. The first-order chi connectivity index (χ1) is 11.6. The Hall–Kier alpha value is -2.20. The average Bonchev–Trinajstić information content (AvgIpc) is 2.48. The summed E-state index contributed by atoms with van der Waals surface area (Å²) in [5.41, 5.74) is -0.245. The molecule has 0 spiro atoms. The van der Waals surface area contributed by atoms with Crippen molar-refractivity contribution >= 4 is 28.7 Å². The van der Waals surface area contributed by atoms with E-state index in [1.54, 1.807) is 20.8 Å². The predicted octanol–water partition coefficient (Wildman–Crippen LogP) is 2.84. The molecule has 1 unspecified atom stereocenters. The molecule has 140 valence electrons. The van der Waals surface area contributed by atoms with Gasteiger partial charge < -0.3 is 10.1 Å². The summed E-state index contributed by atoms with van der Waals surface area (Å²) < 4.78 is 27.2. The van der Waals surface area contributed by atoms with Crippen LogP contribution in [-0.2, 0) is 16.0 Å². The van der Waals surface area contributed by atoms with E-state index in [2.05, 4.69) is 5.32 Å². The first-order valence-electron chi connectivity index (χ1n) is 7.70. The van der Waals surface area contributed by atoms with Crippen LogP contribution in [0.1, 0.15) is 33.6 Å². The number of rotatable bonds is 8. The van der Waals surface area contributed by atoms with Gasteiger partial charge >= 0.3 is 6.09 Å². The minimum Gasteiger partial charge on any atom is -0.444 e. The Labute approximate surface area is 148 Å². The highest BCUT2D eigenvalue weighted by Gasteiger charge is 2.16. The van der Waals surface area contributed by atoms with Crippen LogP contribution >= 0.6 is 0 Å². The number of nitrogens with zero attached hydrogens (tertiary/aromatic N) is 2. The lowest BCUT2D eigenvalue weighted by atomic mass is 10.2. The van der Waals surface area contributed by atoms with Crippen molar-refractivity contribution in [3.63, 3.8) is 0 Å². The van der Waals surface area contributed by atoms with E-state index in [1.165, 1.54) is 28.6 Å². The van der Waals surface area contributed by atoms with Crippen LogP contribution in [0, 0.1) is 10.1 Å². The van der Waals surface area contributed by atoms with Crippen LogP contribution in [0.25, 0.3) is 0 Å². The van der Waals surface area contributed by atoms with Crippen LogP contribution in [0.15, 0.2) is 24.3 Å². The minimum atomic E-state index is -2.25. The molecule has 0 aliphatic heterocycles. The molecule has 0 saturated heterocycles. The van der Waals surface area contributed by atoms with Crippen molar-refractivity contribution in [3.8, 4) is 0 Å². The number of hydrogen-bond donors (Lipinski definition) is 2. The van der Waals surface area contributed by atoms with Gasteiger partial charge in [-0.25, -0.2) is 9.00 Å². The third kappa shape index (κ3) is 7.94. The summed E-state index contributed by atoms with van der Waals surface area (Å²) in [6, 6.07) is 5.40. The molecule has 0 heterocycles. The number of amides is 1. The Balaban J connectivity index is 2.45. The van der Waals surface area contributed by atoms with Gasteiger partial charge in [0.05, 0.1) is 10.6 Å². The zero-order chi connectivity index (χ0) is 19.0. The first-order valence-corrected chi connectivity index (χ1v) is 8.76. The molecule has 2 N–H and O–H groups in total.